The van der Waals surface area contributed by atoms with E-state index in [0.29, 0.717) is 18.0 Å². The van der Waals surface area contributed by atoms with Crippen molar-refractivity contribution in [1.82, 2.24) is 4.90 Å². The molecular weight excluding hydrogens is 238 g/mol. The van der Waals surface area contributed by atoms with E-state index < -0.39 is 0 Å². The molecule has 0 unspecified atom stereocenters. The number of β-amino-alcohol motifs (C(OH)–C–C–N with tert-alkyl or cyclic N) is 1. The third-order valence-corrected chi connectivity index (χ3v) is 3.42. The molecule has 1 N–H and O–H groups in total. The van der Waals surface area contributed by atoms with Crippen molar-refractivity contribution in [3.05, 3.63) is 34.9 Å². The summed E-state index contributed by atoms with van der Waals surface area (Å²) in [6.45, 7) is 1.18. The van der Waals surface area contributed by atoms with Crippen LogP contribution in [0.2, 0.25) is 5.02 Å². The second-order valence-electron chi connectivity index (χ2n) is 4.40. The van der Waals surface area contributed by atoms with Crippen LogP contribution in [-0.2, 0) is 11.2 Å². The van der Waals surface area contributed by atoms with Crippen molar-refractivity contribution in [2.75, 3.05) is 13.1 Å². The van der Waals surface area contributed by atoms with Crippen molar-refractivity contribution in [1.29, 1.82) is 0 Å². The van der Waals surface area contributed by atoms with Crippen LogP contribution in [0.5, 0.6) is 0 Å². The van der Waals surface area contributed by atoms with Crippen LogP contribution in [-0.4, -0.2) is 35.1 Å². The molecular formula is C13H16ClNO2. The van der Waals surface area contributed by atoms with Gasteiger partial charge in [0.05, 0.1) is 12.5 Å². The highest BCUT2D eigenvalue weighted by atomic mass is 35.5. The zero-order valence-electron chi connectivity index (χ0n) is 9.60. The van der Waals surface area contributed by atoms with E-state index in [-0.39, 0.29) is 12.0 Å². The maximum absolute atomic E-state index is 12.0. The second kappa shape index (κ2) is 5.52. The Morgan fingerprint density at radius 2 is 2.24 bits per heavy atom. The fourth-order valence-corrected chi connectivity index (χ4v) is 2.30. The molecule has 0 radical (unpaired) electrons. The Morgan fingerprint density at radius 1 is 1.47 bits per heavy atom. The monoisotopic (exact) mass is 253 g/mol. The lowest BCUT2D eigenvalue weighted by atomic mass is 10.1. The average Bonchev–Trinajstić information content (AvgIpc) is 2.32. The number of nitrogens with zero attached hydrogens (tertiary/aromatic N) is 1. The minimum absolute atomic E-state index is 0.0388. The number of piperidine rings is 1. The van der Waals surface area contributed by atoms with Crippen LogP contribution in [0.15, 0.2) is 24.3 Å². The van der Waals surface area contributed by atoms with Gasteiger partial charge in [0.15, 0.2) is 0 Å². The molecule has 1 amide bonds. The normalized spacial score (nSPS) is 20.4. The van der Waals surface area contributed by atoms with Crippen LogP contribution < -0.4 is 0 Å². The molecule has 3 nitrogen and oxygen atoms in total. The van der Waals surface area contributed by atoms with E-state index in [9.17, 15) is 9.90 Å². The molecule has 0 aliphatic carbocycles. The van der Waals surface area contributed by atoms with Gasteiger partial charge in [0.25, 0.3) is 0 Å². The first-order valence-corrected chi connectivity index (χ1v) is 6.24. The van der Waals surface area contributed by atoms with Crippen LogP contribution >= 0.6 is 11.6 Å². The quantitative estimate of drug-likeness (QED) is 0.874. The molecule has 2 rings (SSSR count). The van der Waals surface area contributed by atoms with Gasteiger partial charge >= 0.3 is 0 Å². The van der Waals surface area contributed by atoms with Gasteiger partial charge in [-0.15, -0.1) is 0 Å². The van der Waals surface area contributed by atoms with E-state index in [4.69, 9.17) is 11.6 Å². The summed E-state index contributed by atoms with van der Waals surface area (Å²) < 4.78 is 0. The summed E-state index contributed by atoms with van der Waals surface area (Å²) in [5.41, 5.74) is 0.847. The van der Waals surface area contributed by atoms with Gasteiger partial charge in [0.2, 0.25) is 5.91 Å². The highest BCUT2D eigenvalue weighted by Gasteiger charge is 2.22. The van der Waals surface area contributed by atoms with Crippen LogP contribution in [0.4, 0.5) is 0 Å². The first-order valence-electron chi connectivity index (χ1n) is 5.86. The largest absolute Gasteiger partial charge is 0.391 e. The van der Waals surface area contributed by atoms with Gasteiger partial charge < -0.3 is 10.0 Å². The number of likely N-dealkylation sites (tertiary alicyclic amines) is 1. The first-order chi connectivity index (χ1) is 8.16. The molecule has 1 atom stereocenters. The lowest BCUT2D eigenvalue weighted by Crippen LogP contribution is -2.42. The second-order valence-corrected chi connectivity index (χ2v) is 4.81. The molecule has 17 heavy (non-hydrogen) atoms. The maximum atomic E-state index is 12.0. The third-order valence-electron chi connectivity index (χ3n) is 3.05. The van der Waals surface area contributed by atoms with E-state index in [1.807, 2.05) is 18.2 Å². The van der Waals surface area contributed by atoms with Crippen LogP contribution in [0.25, 0.3) is 0 Å². The van der Waals surface area contributed by atoms with E-state index in [2.05, 4.69) is 0 Å². The van der Waals surface area contributed by atoms with Gasteiger partial charge in [-0.25, -0.2) is 0 Å². The predicted molar refractivity (Wildman–Crippen MR) is 67.0 cm³/mol. The molecule has 1 heterocycles. The Hall–Kier alpha value is -1.06. The summed E-state index contributed by atoms with van der Waals surface area (Å²) in [4.78, 5) is 13.7. The molecule has 1 aromatic rings. The van der Waals surface area contributed by atoms with Crippen molar-refractivity contribution in [2.24, 2.45) is 0 Å². The van der Waals surface area contributed by atoms with Crippen molar-refractivity contribution in [3.63, 3.8) is 0 Å². The number of hydrogen-bond acceptors (Lipinski definition) is 2. The van der Waals surface area contributed by atoms with Crippen molar-refractivity contribution < 1.29 is 9.90 Å². The van der Waals surface area contributed by atoms with Crippen molar-refractivity contribution >= 4 is 17.5 Å². The van der Waals surface area contributed by atoms with E-state index in [1.165, 1.54) is 0 Å². The zero-order chi connectivity index (χ0) is 12.3. The van der Waals surface area contributed by atoms with Crippen LogP contribution in [0.3, 0.4) is 0 Å². The van der Waals surface area contributed by atoms with Crippen LogP contribution in [0, 0.1) is 0 Å². The minimum atomic E-state index is -0.376. The first kappa shape index (κ1) is 12.4. The number of carbonyl (C=O) groups is 1. The fraction of sp³-hybridized carbons (Fsp3) is 0.462. The molecule has 1 fully saturated rings. The summed E-state index contributed by atoms with van der Waals surface area (Å²) in [5.74, 6) is 0.0388. The molecule has 1 aromatic carbocycles. The van der Waals surface area contributed by atoms with Crippen molar-refractivity contribution in [2.45, 2.75) is 25.4 Å². The SMILES string of the molecule is O=C(Cc1ccccc1Cl)N1CCC[C@@H](O)C1. The van der Waals surface area contributed by atoms with Gasteiger partial charge in [0, 0.05) is 18.1 Å². The number of halogens is 1. The minimum Gasteiger partial charge on any atom is -0.391 e. The van der Waals surface area contributed by atoms with Gasteiger partial charge in [-0.1, -0.05) is 29.8 Å². The van der Waals surface area contributed by atoms with Gasteiger partial charge in [-0.3, -0.25) is 4.79 Å². The predicted octanol–water partition coefficient (Wildman–Crippen LogP) is 1.87. The number of carbonyl (C=O) groups excluding carboxylic acids is 1. The molecule has 1 aliphatic rings. The molecule has 0 saturated carbocycles. The van der Waals surface area contributed by atoms with E-state index >= 15 is 0 Å². The van der Waals surface area contributed by atoms with Crippen LogP contribution in [0.1, 0.15) is 18.4 Å². The molecule has 0 spiro atoms. The summed E-state index contributed by atoms with van der Waals surface area (Å²) >= 11 is 6.02. The summed E-state index contributed by atoms with van der Waals surface area (Å²) in [5, 5.41) is 10.2. The topological polar surface area (TPSA) is 40.5 Å². The molecule has 0 bridgehead atoms. The fourth-order valence-electron chi connectivity index (χ4n) is 2.10. The number of rotatable bonds is 2. The van der Waals surface area contributed by atoms with Gasteiger partial charge in [-0.05, 0) is 24.5 Å². The van der Waals surface area contributed by atoms with Gasteiger partial charge in [-0.2, -0.15) is 0 Å². The molecule has 0 aromatic heterocycles. The Bertz CT molecular complexity index is 408. The summed E-state index contributed by atoms with van der Waals surface area (Å²) in [6, 6.07) is 7.37. The van der Waals surface area contributed by atoms with Crippen molar-refractivity contribution in [3.8, 4) is 0 Å². The Kier molecular flexibility index (Phi) is 4.02. The maximum Gasteiger partial charge on any atom is 0.227 e. The number of amides is 1. The molecule has 92 valence electrons. The number of hydrogen-bond donors (Lipinski definition) is 1. The highest BCUT2D eigenvalue weighted by molar-refractivity contribution is 6.31. The number of benzene rings is 1. The molecule has 4 heteroatoms. The smallest absolute Gasteiger partial charge is 0.227 e. The van der Waals surface area contributed by atoms with E-state index in [0.717, 1.165) is 24.9 Å². The lowest BCUT2D eigenvalue weighted by Gasteiger charge is -2.30. The number of aliphatic hydroxyl groups is 1. The standard InChI is InChI=1S/C13H16ClNO2/c14-12-6-2-1-4-10(12)8-13(17)15-7-3-5-11(16)9-15/h1-2,4,6,11,16H,3,5,7-9H2/t11-/m1/s1. The zero-order valence-corrected chi connectivity index (χ0v) is 10.4. The summed E-state index contributed by atoms with van der Waals surface area (Å²) in [7, 11) is 0. The van der Waals surface area contributed by atoms with E-state index in [1.54, 1.807) is 11.0 Å². The highest BCUT2D eigenvalue weighted by Crippen LogP contribution is 2.17. The molecule has 1 saturated heterocycles. The van der Waals surface area contributed by atoms with Gasteiger partial charge in [0.1, 0.15) is 0 Å². The number of aliphatic hydroxyl groups excluding tert-OH is 1. The lowest BCUT2D eigenvalue weighted by molar-refractivity contribution is -0.133. The average molecular weight is 254 g/mol. The third kappa shape index (κ3) is 3.20. The Morgan fingerprint density at radius 3 is 2.94 bits per heavy atom. The Balaban J connectivity index is 1.99. The summed E-state index contributed by atoms with van der Waals surface area (Å²) in [6.07, 6.45) is 1.59. The Labute approximate surface area is 106 Å². The molecule has 1 aliphatic heterocycles.